The molecular weight excluding hydrogens is 273 g/mol. The fourth-order valence-corrected chi connectivity index (χ4v) is 1.73. The van der Waals surface area contributed by atoms with E-state index in [1.165, 1.54) is 36.4 Å². The van der Waals surface area contributed by atoms with Crippen LogP contribution >= 0.6 is 11.6 Å². The zero-order chi connectivity index (χ0) is 14.0. The van der Waals surface area contributed by atoms with Gasteiger partial charge < -0.3 is 11.1 Å². The van der Waals surface area contributed by atoms with E-state index in [2.05, 4.69) is 5.32 Å². The second kappa shape index (κ2) is 5.11. The van der Waals surface area contributed by atoms with Gasteiger partial charge in [0.1, 0.15) is 5.82 Å². The third-order valence-corrected chi connectivity index (χ3v) is 2.69. The summed E-state index contributed by atoms with van der Waals surface area (Å²) in [5, 5.41) is 13.8. The Kier molecular flexibility index (Phi) is 3.52. The first-order valence-corrected chi connectivity index (χ1v) is 5.60. The van der Waals surface area contributed by atoms with Gasteiger partial charge in [-0.3, -0.25) is 10.1 Å². The van der Waals surface area contributed by atoms with Gasteiger partial charge in [0.15, 0.2) is 0 Å². The molecule has 5 nitrogen and oxygen atoms in total. The van der Waals surface area contributed by atoms with Crippen molar-refractivity contribution in [1.82, 2.24) is 0 Å². The molecule has 2 aromatic carbocycles. The van der Waals surface area contributed by atoms with Crippen molar-refractivity contribution in [2.45, 2.75) is 0 Å². The molecule has 19 heavy (non-hydrogen) atoms. The average Bonchev–Trinajstić information content (AvgIpc) is 2.33. The molecule has 2 aromatic rings. The number of nitrogens with zero attached hydrogens (tertiary/aromatic N) is 1. The molecule has 0 atom stereocenters. The van der Waals surface area contributed by atoms with Gasteiger partial charge in [0.25, 0.3) is 5.69 Å². The number of nitro benzene ring substituents is 1. The summed E-state index contributed by atoms with van der Waals surface area (Å²) in [5.41, 5.74) is 6.30. The second-order valence-electron chi connectivity index (χ2n) is 3.82. The van der Waals surface area contributed by atoms with E-state index in [-0.39, 0.29) is 11.4 Å². The van der Waals surface area contributed by atoms with Crippen LogP contribution in [0.2, 0.25) is 5.02 Å². The van der Waals surface area contributed by atoms with Crippen LogP contribution in [0, 0.1) is 15.9 Å². The molecule has 0 saturated heterocycles. The van der Waals surface area contributed by atoms with Crippen LogP contribution in [0.5, 0.6) is 0 Å². The zero-order valence-electron chi connectivity index (χ0n) is 9.56. The van der Waals surface area contributed by atoms with Gasteiger partial charge in [0.2, 0.25) is 0 Å². The third kappa shape index (κ3) is 3.11. The van der Waals surface area contributed by atoms with Crippen molar-refractivity contribution in [3.05, 3.63) is 57.4 Å². The number of nitrogens with one attached hydrogen (secondary N) is 1. The lowest BCUT2D eigenvalue weighted by atomic mass is 10.2. The van der Waals surface area contributed by atoms with Crippen molar-refractivity contribution in [3.8, 4) is 0 Å². The molecule has 0 aliphatic carbocycles. The number of nitrogens with two attached hydrogens (primary N) is 1. The highest BCUT2D eigenvalue weighted by molar-refractivity contribution is 6.33. The molecule has 0 radical (unpaired) electrons. The van der Waals surface area contributed by atoms with Gasteiger partial charge >= 0.3 is 0 Å². The van der Waals surface area contributed by atoms with Crippen LogP contribution in [0.25, 0.3) is 0 Å². The van der Waals surface area contributed by atoms with Crippen molar-refractivity contribution >= 4 is 34.4 Å². The Bertz CT molecular complexity index is 649. The van der Waals surface area contributed by atoms with Crippen LogP contribution in [-0.2, 0) is 0 Å². The van der Waals surface area contributed by atoms with E-state index in [1.54, 1.807) is 0 Å². The second-order valence-corrected chi connectivity index (χ2v) is 4.23. The highest BCUT2D eigenvalue weighted by Gasteiger charge is 2.10. The number of benzene rings is 2. The fourth-order valence-electron chi connectivity index (χ4n) is 1.56. The predicted molar refractivity (Wildman–Crippen MR) is 72.2 cm³/mol. The number of nitrogen functional groups attached to an aromatic ring is 1. The van der Waals surface area contributed by atoms with Gasteiger partial charge in [-0.05, 0) is 24.3 Å². The first-order chi connectivity index (χ1) is 8.95. The maximum atomic E-state index is 13.1. The van der Waals surface area contributed by atoms with Crippen LogP contribution in [-0.4, -0.2) is 4.92 Å². The summed E-state index contributed by atoms with van der Waals surface area (Å²) in [7, 11) is 0. The number of nitro groups is 1. The van der Waals surface area contributed by atoms with Gasteiger partial charge in [0, 0.05) is 23.5 Å². The Morgan fingerprint density at radius 3 is 2.68 bits per heavy atom. The van der Waals surface area contributed by atoms with Crippen LogP contribution in [0.3, 0.4) is 0 Å². The van der Waals surface area contributed by atoms with Crippen LogP contribution in [0.1, 0.15) is 0 Å². The lowest BCUT2D eigenvalue weighted by Gasteiger charge is -2.09. The highest BCUT2D eigenvalue weighted by Crippen LogP contribution is 2.29. The molecule has 7 heteroatoms. The summed E-state index contributed by atoms with van der Waals surface area (Å²) in [6.45, 7) is 0. The lowest BCUT2D eigenvalue weighted by Crippen LogP contribution is -1.97. The molecule has 0 unspecified atom stereocenters. The van der Waals surface area contributed by atoms with Gasteiger partial charge in [-0.2, -0.15) is 0 Å². The van der Waals surface area contributed by atoms with Crippen molar-refractivity contribution < 1.29 is 9.31 Å². The summed E-state index contributed by atoms with van der Waals surface area (Å²) in [4.78, 5) is 10.2. The minimum atomic E-state index is -0.561. The Labute approximate surface area is 113 Å². The third-order valence-electron chi connectivity index (χ3n) is 2.36. The van der Waals surface area contributed by atoms with Crippen molar-refractivity contribution in [2.24, 2.45) is 0 Å². The molecule has 0 spiro atoms. The van der Waals surface area contributed by atoms with Gasteiger partial charge in [-0.15, -0.1) is 0 Å². The van der Waals surface area contributed by atoms with E-state index < -0.39 is 10.7 Å². The van der Waals surface area contributed by atoms with E-state index in [0.717, 1.165) is 0 Å². The average molecular weight is 282 g/mol. The van der Waals surface area contributed by atoms with Crippen molar-refractivity contribution in [3.63, 3.8) is 0 Å². The quantitative estimate of drug-likeness (QED) is 0.510. The molecule has 3 N–H and O–H groups in total. The van der Waals surface area contributed by atoms with Gasteiger partial charge in [-0.1, -0.05) is 11.6 Å². The topological polar surface area (TPSA) is 81.2 Å². The molecule has 0 bridgehead atoms. The summed E-state index contributed by atoms with van der Waals surface area (Å²) >= 11 is 5.89. The smallest absolute Gasteiger partial charge is 0.273 e. The van der Waals surface area contributed by atoms with Crippen LogP contribution in [0.4, 0.5) is 27.1 Å². The number of non-ortho nitro benzene ring substituents is 1. The van der Waals surface area contributed by atoms with E-state index in [9.17, 15) is 14.5 Å². The zero-order valence-corrected chi connectivity index (χ0v) is 10.3. The number of anilines is 3. The largest absolute Gasteiger partial charge is 0.398 e. The van der Waals surface area contributed by atoms with Crippen molar-refractivity contribution in [2.75, 3.05) is 11.1 Å². The maximum absolute atomic E-state index is 13.1. The minimum absolute atomic E-state index is 0.157. The SMILES string of the molecule is Nc1cc(Nc2cc(F)ccc2Cl)cc([N+](=O)[O-])c1. The molecular formula is C12H9ClFN3O2. The highest BCUT2D eigenvalue weighted by atomic mass is 35.5. The van der Waals surface area contributed by atoms with Crippen molar-refractivity contribution in [1.29, 1.82) is 0 Å². The van der Waals surface area contributed by atoms with Crippen LogP contribution in [0.15, 0.2) is 36.4 Å². The first kappa shape index (κ1) is 13.1. The Morgan fingerprint density at radius 2 is 2.00 bits per heavy atom. The Balaban J connectivity index is 2.38. The van der Waals surface area contributed by atoms with E-state index in [0.29, 0.717) is 16.4 Å². The molecule has 2 rings (SSSR count). The van der Waals surface area contributed by atoms with E-state index >= 15 is 0 Å². The molecule has 98 valence electrons. The van der Waals surface area contributed by atoms with Gasteiger partial charge in [-0.25, -0.2) is 4.39 Å². The number of rotatable bonds is 3. The summed E-state index contributed by atoms with van der Waals surface area (Å²) < 4.78 is 13.1. The number of hydrogen-bond acceptors (Lipinski definition) is 4. The molecule has 0 heterocycles. The molecule has 0 aliphatic rings. The van der Waals surface area contributed by atoms with Crippen LogP contribution < -0.4 is 11.1 Å². The Morgan fingerprint density at radius 1 is 1.26 bits per heavy atom. The van der Waals surface area contributed by atoms with E-state index in [4.69, 9.17) is 17.3 Å². The summed E-state index contributed by atoms with van der Waals surface area (Å²) in [6.07, 6.45) is 0. The molecule has 0 fully saturated rings. The fraction of sp³-hybridized carbons (Fsp3) is 0. The molecule has 0 aromatic heterocycles. The summed E-state index contributed by atoms with van der Waals surface area (Å²) in [5.74, 6) is -0.467. The molecule has 0 aliphatic heterocycles. The molecule has 0 saturated carbocycles. The monoisotopic (exact) mass is 281 g/mol. The summed E-state index contributed by atoms with van der Waals surface area (Å²) in [6, 6.07) is 7.82. The maximum Gasteiger partial charge on any atom is 0.273 e. The molecule has 0 amide bonds. The van der Waals surface area contributed by atoms with Gasteiger partial charge in [0.05, 0.1) is 15.6 Å². The minimum Gasteiger partial charge on any atom is -0.398 e. The number of halogens is 2. The Hall–Kier alpha value is -2.34. The standard InChI is InChI=1S/C12H9ClFN3O2/c13-11-2-1-7(14)3-12(11)16-9-4-8(15)5-10(6-9)17(18)19/h1-6,16H,15H2. The van der Waals surface area contributed by atoms with E-state index in [1.807, 2.05) is 0 Å². The number of hydrogen-bond donors (Lipinski definition) is 2. The first-order valence-electron chi connectivity index (χ1n) is 5.23. The predicted octanol–water partition coefficient (Wildman–Crippen LogP) is 3.71. The lowest BCUT2D eigenvalue weighted by molar-refractivity contribution is -0.384. The normalized spacial score (nSPS) is 10.2.